The number of fused-ring (bicyclic) bond motifs is 2. The fourth-order valence-electron chi connectivity index (χ4n) is 3.34. The zero-order chi connectivity index (χ0) is 21.5. The molecule has 0 spiro atoms. The van der Waals surface area contributed by atoms with Crippen molar-refractivity contribution >= 4 is 64.8 Å². The van der Waals surface area contributed by atoms with Crippen molar-refractivity contribution in [1.82, 2.24) is 9.78 Å². The van der Waals surface area contributed by atoms with Crippen LogP contribution in [0.1, 0.15) is 11.1 Å². The van der Waals surface area contributed by atoms with E-state index in [2.05, 4.69) is 52.6 Å². The first-order valence-electron chi connectivity index (χ1n) is 9.78. The fourth-order valence-corrected chi connectivity index (χ4v) is 4.81. The van der Waals surface area contributed by atoms with Gasteiger partial charge in [-0.25, -0.2) is 9.07 Å². The molecular formula is C22H23FIN3O2Si. The lowest BCUT2D eigenvalue weighted by molar-refractivity contribution is -0.110. The minimum absolute atomic E-state index is 0.228. The molecule has 3 aromatic rings. The van der Waals surface area contributed by atoms with Crippen LogP contribution in [0.15, 0.2) is 36.4 Å². The number of carbonyl (C=O) groups excluding carboxylic acids is 1. The number of hydrogen-bond acceptors (Lipinski definition) is 3. The fraction of sp³-hybridized carbons (Fsp3) is 0.273. The minimum atomic E-state index is -1.14. The van der Waals surface area contributed by atoms with Gasteiger partial charge in [0, 0.05) is 36.9 Å². The summed E-state index contributed by atoms with van der Waals surface area (Å²) in [5.74, 6) is -0.594. The van der Waals surface area contributed by atoms with Gasteiger partial charge in [-0.3, -0.25) is 4.79 Å². The Morgan fingerprint density at radius 2 is 2.03 bits per heavy atom. The summed E-state index contributed by atoms with van der Waals surface area (Å²) in [5, 5.41) is 8.42. The Kier molecular flexibility index (Phi) is 5.82. The first-order chi connectivity index (χ1) is 14.2. The highest BCUT2D eigenvalue weighted by Gasteiger charge is 2.24. The van der Waals surface area contributed by atoms with Gasteiger partial charge in [0.1, 0.15) is 16.2 Å². The summed E-state index contributed by atoms with van der Waals surface area (Å²) in [7, 11) is -1.14. The minimum Gasteiger partial charge on any atom is -0.360 e. The van der Waals surface area contributed by atoms with Gasteiger partial charge < -0.3 is 10.1 Å². The van der Waals surface area contributed by atoms with Gasteiger partial charge in [0.05, 0.1) is 5.52 Å². The van der Waals surface area contributed by atoms with E-state index < -0.39 is 8.07 Å². The maximum atomic E-state index is 13.7. The average Bonchev–Trinajstić information content (AvgIpc) is 3.15. The van der Waals surface area contributed by atoms with Crippen molar-refractivity contribution in [1.29, 1.82) is 0 Å². The number of hydrogen-bond donors (Lipinski definition) is 1. The number of benzene rings is 2. The number of carbonyl (C=O) groups is 1. The van der Waals surface area contributed by atoms with Crippen molar-refractivity contribution in [2.24, 2.45) is 0 Å². The second kappa shape index (κ2) is 8.24. The number of nitrogens with zero attached hydrogens (tertiary/aromatic N) is 2. The number of rotatable bonds is 6. The van der Waals surface area contributed by atoms with Crippen molar-refractivity contribution in [2.45, 2.75) is 32.4 Å². The second-order valence-electron chi connectivity index (χ2n) is 8.62. The van der Waals surface area contributed by atoms with E-state index in [4.69, 9.17) is 4.74 Å². The van der Waals surface area contributed by atoms with Gasteiger partial charge in [0.15, 0.2) is 0 Å². The van der Waals surface area contributed by atoms with Crippen molar-refractivity contribution in [3.05, 3.63) is 57.0 Å². The van der Waals surface area contributed by atoms with Crippen LogP contribution >= 0.6 is 22.6 Å². The summed E-state index contributed by atoms with van der Waals surface area (Å²) >= 11 is 2.22. The molecule has 0 aliphatic carbocycles. The van der Waals surface area contributed by atoms with Crippen molar-refractivity contribution in [2.75, 3.05) is 11.9 Å². The number of ether oxygens (including phenoxy) is 1. The van der Waals surface area contributed by atoms with E-state index in [1.165, 1.54) is 12.1 Å². The summed E-state index contributed by atoms with van der Waals surface area (Å²) in [6.45, 7) is 8.08. The summed E-state index contributed by atoms with van der Waals surface area (Å²) in [6.07, 6.45) is 1.79. The molecule has 1 N–H and O–H groups in total. The van der Waals surface area contributed by atoms with Crippen molar-refractivity contribution in [3.8, 4) is 0 Å². The van der Waals surface area contributed by atoms with E-state index in [0.29, 0.717) is 23.6 Å². The molecule has 30 heavy (non-hydrogen) atoms. The molecule has 0 unspecified atom stereocenters. The Labute approximate surface area is 189 Å². The third-order valence-corrected chi connectivity index (χ3v) is 7.52. The number of aromatic nitrogens is 2. The molecule has 1 aliphatic heterocycles. The Bertz CT molecular complexity index is 1170. The first-order valence-corrected chi connectivity index (χ1v) is 14.6. The molecule has 1 aliphatic rings. The van der Waals surface area contributed by atoms with E-state index in [-0.39, 0.29) is 11.7 Å². The van der Waals surface area contributed by atoms with Gasteiger partial charge in [-0.05, 0) is 70.6 Å². The first kappa shape index (κ1) is 21.2. The Morgan fingerprint density at radius 1 is 1.23 bits per heavy atom. The third kappa shape index (κ3) is 4.50. The molecule has 0 saturated carbocycles. The highest BCUT2D eigenvalue weighted by molar-refractivity contribution is 14.1. The predicted molar refractivity (Wildman–Crippen MR) is 129 cm³/mol. The Hall–Kier alpha value is -2.04. The van der Waals surface area contributed by atoms with E-state index in [0.717, 1.165) is 32.8 Å². The molecule has 156 valence electrons. The van der Waals surface area contributed by atoms with Gasteiger partial charge in [-0.2, -0.15) is 5.10 Å². The van der Waals surface area contributed by atoms with Crippen molar-refractivity contribution in [3.63, 3.8) is 0 Å². The van der Waals surface area contributed by atoms with Crippen LogP contribution in [-0.4, -0.2) is 30.4 Å². The lowest BCUT2D eigenvalue weighted by Gasteiger charge is -2.15. The molecule has 0 fully saturated rings. The largest absolute Gasteiger partial charge is 0.360 e. The molecule has 4 rings (SSSR count). The number of anilines is 1. The van der Waals surface area contributed by atoms with E-state index in [9.17, 15) is 9.18 Å². The van der Waals surface area contributed by atoms with Crippen LogP contribution in [0, 0.1) is 9.52 Å². The van der Waals surface area contributed by atoms with Crippen LogP contribution in [0.5, 0.6) is 0 Å². The Morgan fingerprint density at radius 3 is 2.80 bits per heavy atom. The summed E-state index contributed by atoms with van der Waals surface area (Å²) < 4.78 is 22.3. The molecule has 1 aromatic heterocycles. The molecule has 0 bridgehead atoms. The van der Waals surface area contributed by atoms with E-state index in [1.54, 1.807) is 12.1 Å². The van der Waals surface area contributed by atoms with Gasteiger partial charge in [-0.1, -0.05) is 25.7 Å². The van der Waals surface area contributed by atoms with E-state index in [1.807, 2.05) is 22.9 Å². The van der Waals surface area contributed by atoms with Gasteiger partial charge in [0.2, 0.25) is 0 Å². The maximum Gasteiger partial charge on any atom is 0.256 e. The summed E-state index contributed by atoms with van der Waals surface area (Å²) in [5.41, 5.74) is 3.46. The van der Waals surface area contributed by atoms with Crippen LogP contribution in [0.25, 0.3) is 22.6 Å². The lowest BCUT2D eigenvalue weighted by atomic mass is 10.0. The Balaban J connectivity index is 1.63. The zero-order valence-electron chi connectivity index (χ0n) is 17.1. The summed E-state index contributed by atoms with van der Waals surface area (Å²) in [4.78, 5) is 12.4. The molecule has 0 atom stereocenters. The lowest BCUT2D eigenvalue weighted by Crippen LogP contribution is -2.22. The van der Waals surface area contributed by atoms with Gasteiger partial charge >= 0.3 is 0 Å². The average molecular weight is 535 g/mol. The SMILES string of the molecule is C[Si](C)(C)CCOCn1nc(I)c2ccc(/C=C3/C(=O)Nc4ccc(F)cc43)cc21. The molecular weight excluding hydrogens is 512 g/mol. The molecule has 2 aromatic carbocycles. The molecule has 2 heterocycles. The van der Waals surface area contributed by atoms with Crippen LogP contribution < -0.4 is 5.32 Å². The van der Waals surface area contributed by atoms with E-state index >= 15 is 0 Å². The van der Waals surface area contributed by atoms with Crippen LogP contribution in [-0.2, 0) is 16.3 Å². The molecule has 0 saturated heterocycles. The predicted octanol–water partition coefficient (Wildman–Crippen LogP) is 5.59. The van der Waals surface area contributed by atoms with Gasteiger partial charge in [0.25, 0.3) is 5.91 Å². The number of nitrogens with one attached hydrogen (secondary N) is 1. The molecule has 1 amide bonds. The maximum absolute atomic E-state index is 13.7. The normalized spacial score (nSPS) is 15.1. The number of halogens is 2. The topological polar surface area (TPSA) is 56.2 Å². The third-order valence-electron chi connectivity index (χ3n) is 5.02. The smallest absolute Gasteiger partial charge is 0.256 e. The van der Waals surface area contributed by atoms with Crippen LogP contribution in [0.4, 0.5) is 10.1 Å². The molecule has 8 heteroatoms. The monoisotopic (exact) mass is 535 g/mol. The second-order valence-corrected chi connectivity index (χ2v) is 15.3. The highest BCUT2D eigenvalue weighted by Crippen LogP contribution is 2.34. The standard InChI is InChI=1S/C22H23FIN3O2Si/c1-30(2,3)9-8-29-13-27-20-11-14(4-6-16(20)21(24)26-27)10-18-17-12-15(23)5-7-19(17)25-22(18)28/h4-7,10-12H,8-9,13H2,1-3H3,(H,25,28)/b18-10+. The molecule has 5 nitrogen and oxygen atoms in total. The highest BCUT2D eigenvalue weighted by atomic mass is 127. The van der Waals surface area contributed by atoms with Crippen LogP contribution in [0.2, 0.25) is 25.7 Å². The van der Waals surface area contributed by atoms with Crippen LogP contribution in [0.3, 0.4) is 0 Å². The molecule has 0 radical (unpaired) electrons. The quantitative estimate of drug-likeness (QED) is 0.194. The summed E-state index contributed by atoms with van der Waals surface area (Å²) in [6, 6.07) is 11.3. The number of amides is 1. The zero-order valence-corrected chi connectivity index (χ0v) is 20.3. The van der Waals surface area contributed by atoms with Crippen molar-refractivity contribution < 1.29 is 13.9 Å². The van der Waals surface area contributed by atoms with Gasteiger partial charge in [-0.15, -0.1) is 0 Å².